The molecule has 1 aromatic rings. The molecule has 1 N–H and O–H groups in total. The van der Waals surface area contributed by atoms with Gasteiger partial charge in [0.1, 0.15) is 4.88 Å². The van der Waals surface area contributed by atoms with Crippen LogP contribution in [0.5, 0.6) is 0 Å². The fraction of sp³-hybridized carbons (Fsp3) is 0.545. The zero-order valence-corrected chi connectivity index (χ0v) is 10.00. The summed E-state index contributed by atoms with van der Waals surface area (Å²) in [7, 11) is 0. The van der Waals surface area contributed by atoms with Crippen molar-refractivity contribution < 1.29 is 14.6 Å². The molecule has 1 aliphatic heterocycles. The molecule has 1 aromatic heterocycles. The van der Waals surface area contributed by atoms with Gasteiger partial charge in [0.2, 0.25) is 0 Å². The fourth-order valence-electron chi connectivity index (χ4n) is 1.86. The zero-order chi connectivity index (χ0) is 11.5. The normalized spacial score (nSPS) is 22.2. The third-order valence-electron chi connectivity index (χ3n) is 2.82. The lowest BCUT2D eigenvalue weighted by Gasteiger charge is -2.33. The number of rotatable bonds is 3. The molecular formula is C11H15NO3S. The summed E-state index contributed by atoms with van der Waals surface area (Å²) < 4.78 is 5.35. The summed E-state index contributed by atoms with van der Waals surface area (Å²) >= 11 is 1.29. The van der Waals surface area contributed by atoms with Gasteiger partial charge in [0, 0.05) is 19.1 Å². The number of ether oxygens (including phenoxy) is 1. The molecule has 2 heterocycles. The highest BCUT2D eigenvalue weighted by Crippen LogP contribution is 2.20. The van der Waals surface area contributed by atoms with Crippen LogP contribution in [0.25, 0.3) is 0 Å². The van der Waals surface area contributed by atoms with Crippen LogP contribution in [-0.2, 0) is 11.3 Å². The molecule has 0 amide bonds. The summed E-state index contributed by atoms with van der Waals surface area (Å²) in [5.41, 5.74) is 0.909. The lowest BCUT2D eigenvalue weighted by molar-refractivity contribution is -0.00444. The van der Waals surface area contributed by atoms with E-state index in [-0.39, 0.29) is 0 Å². The average Bonchev–Trinajstić information content (AvgIpc) is 2.69. The minimum atomic E-state index is -0.828. The second-order valence-electron chi connectivity index (χ2n) is 3.97. The summed E-state index contributed by atoms with van der Waals surface area (Å²) in [4.78, 5) is 13.7. The molecule has 1 fully saturated rings. The lowest BCUT2D eigenvalue weighted by Crippen LogP contribution is -2.43. The maximum atomic E-state index is 11.0. The van der Waals surface area contributed by atoms with Gasteiger partial charge < -0.3 is 9.84 Å². The second-order valence-corrected chi connectivity index (χ2v) is 4.89. The average molecular weight is 241 g/mol. The Morgan fingerprint density at radius 2 is 2.56 bits per heavy atom. The first-order chi connectivity index (χ1) is 7.68. The topological polar surface area (TPSA) is 49.8 Å². The highest BCUT2D eigenvalue weighted by atomic mass is 32.1. The van der Waals surface area contributed by atoms with Crippen molar-refractivity contribution in [1.82, 2.24) is 4.90 Å². The number of hydrogen-bond acceptors (Lipinski definition) is 4. The summed E-state index contributed by atoms with van der Waals surface area (Å²) in [5, 5.41) is 10.9. The van der Waals surface area contributed by atoms with Crippen molar-refractivity contribution in [3.05, 3.63) is 21.9 Å². The summed E-state index contributed by atoms with van der Waals surface area (Å²) in [5.74, 6) is -0.828. The highest BCUT2D eigenvalue weighted by Gasteiger charge is 2.21. The van der Waals surface area contributed by atoms with Crippen molar-refractivity contribution in [1.29, 1.82) is 0 Å². The second kappa shape index (κ2) is 4.95. The molecule has 0 radical (unpaired) electrons. The predicted octanol–water partition coefficient (Wildman–Crippen LogP) is 1.67. The molecule has 0 aromatic carbocycles. The van der Waals surface area contributed by atoms with Crippen LogP contribution in [-0.4, -0.2) is 41.8 Å². The smallest absolute Gasteiger partial charge is 0.346 e. The molecule has 16 heavy (non-hydrogen) atoms. The van der Waals surface area contributed by atoms with Gasteiger partial charge in [0.15, 0.2) is 0 Å². The van der Waals surface area contributed by atoms with Gasteiger partial charge in [-0.05, 0) is 23.9 Å². The molecule has 0 saturated carbocycles. The summed E-state index contributed by atoms with van der Waals surface area (Å²) in [6, 6.07) is 2.26. The monoisotopic (exact) mass is 241 g/mol. The quantitative estimate of drug-likeness (QED) is 0.874. The molecule has 2 rings (SSSR count). The van der Waals surface area contributed by atoms with E-state index in [1.54, 1.807) is 0 Å². The van der Waals surface area contributed by atoms with E-state index in [4.69, 9.17) is 9.84 Å². The first-order valence-corrected chi connectivity index (χ1v) is 6.18. The number of carboxylic acids is 1. The van der Waals surface area contributed by atoms with Crippen LogP contribution in [0.1, 0.15) is 22.2 Å². The lowest BCUT2D eigenvalue weighted by atomic mass is 10.2. The van der Waals surface area contributed by atoms with Gasteiger partial charge in [0.05, 0.1) is 13.2 Å². The van der Waals surface area contributed by atoms with E-state index >= 15 is 0 Å². The molecular weight excluding hydrogens is 226 g/mol. The number of nitrogens with zero attached hydrogens (tertiary/aromatic N) is 1. The molecule has 0 aliphatic carbocycles. The van der Waals surface area contributed by atoms with Gasteiger partial charge in [0.25, 0.3) is 0 Å². The Morgan fingerprint density at radius 1 is 1.75 bits per heavy atom. The maximum absolute atomic E-state index is 11.0. The number of aromatic carboxylic acids is 1. The Kier molecular flexibility index (Phi) is 3.58. The number of carbonyl (C=O) groups is 1. The van der Waals surface area contributed by atoms with Crippen molar-refractivity contribution in [3.63, 3.8) is 0 Å². The van der Waals surface area contributed by atoms with Crippen LogP contribution in [0.4, 0.5) is 0 Å². The van der Waals surface area contributed by atoms with Crippen molar-refractivity contribution in [3.8, 4) is 0 Å². The van der Waals surface area contributed by atoms with Crippen LogP contribution in [0.15, 0.2) is 11.4 Å². The zero-order valence-electron chi connectivity index (χ0n) is 9.18. The van der Waals surface area contributed by atoms with Crippen molar-refractivity contribution in [2.45, 2.75) is 19.5 Å². The number of thiophene rings is 1. The van der Waals surface area contributed by atoms with Gasteiger partial charge in [-0.1, -0.05) is 0 Å². The third-order valence-corrected chi connectivity index (χ3v) is 3.76. The highest BCUT2D eigenvalue weighted by molar-refractivity contribution is 7.12. The van der Waals surface area contributed by atoms with E-state index in [2.05, 4.69) is 11.8 Å². The number of morpholine rings is 1. The van der Waals surface area contributed by atoms with Crippen LogP contribution in [0.3, 0.4) is 0 Å². The molecule has 4 nitrogen and oxygen atoms in total. The van der Waals surface area contributed by atoms with E-state index in [0.29, 0.717) is 17.5 Å². The minimum Gasteiger partial charge on any atom is -0.477 e. The number of carboxylic acid groups (broad SMARTS) is 1. The standard InChI is InChI=1S/C11H15NO3S/c1-8-7-15-4-3-12(8)6-9-2-5-16-10(9)11(13)14/h2,5,8H,3-4,6-7H2,1H3,(H,13,14). The van der Waals surface area contributed by atoms with Gasteiger partial charge >= 0.3 is 5.97 Å². The van der Waals surface area contributed by atoms with Crippen LogP contribution >= 0.6 is 11.3 Å². The minimum absolute atomic E-state index is 0.357. The molecule has 88 valence electrons. The maximum Gasteiger partial charge on any atom is 0.346 e. The van der Waals surface area contributed by atoms with Crippen LogP contribution < -0.4 is 0 Å². The Morgan fingerprint density at radius 3 is 3.25 bits per heavy atom. The third kappa shape index (κ3) is 2.42. The van der Waals surface area contributed by atoms with E-state index in [0.717, 1.165) is 25.3 Å². The fourth-order valence-corrected chi connectivity index (χ4v) is 2.62. The van der Waals surface area contributed by atoms with Crippen molar-refractivity contribution >= 4 is 17.3 Å². The van der Waals surface area contributed by atoms with Gasteiger partial charge in [-0.3, -0.25) is 4.90 Å². The summed E-state index contributed by atoms with van der Waals surface area (Å²) in [6.07, 6.45) is 0. The molecule has 1 unspecified atom stereocenters. The van der Waals surface area contributed by atoms with Crippen LogP contribution in [0.2, 0.25) is 0 Å². The van der Waals surface area contributed by atoms with Gasteiger partial charge in [-0.2, -0.15) is 0 Å². The van der Waals surface area contributed by atoms with Gasteiger partial charge in [-0.15, -0.1) is 11.3 Å². The Labute approximate surface area is 98.4 Å². The first kappa shape index (κ1) is 11.6. The van der Waals surface area contributed by atoms with Gasteiger partial charge in [-0.25, -0.2) is 4.79 Å². The molecule has 0 spiro atoms. The molecule has 1 aliphatic rings. The van der Waals surface area contributed by atoms with E-state index < -0.39 is 5.97 Å². The molecule has 1 saturated heterocycles. The summed E-state index contributed by atoms with van der Waals surface area (Å²) in [6.45, 7) is 5.14. The largest absolute Gasteiger partial charge is 0.477 e. The number of hydrogen-bond donors (Lipinski definition) is 1. The van der Waals surface area contributed by atoms with E-state index in [1.165, 1.54) is 11.3 Å². The molecule has 0 bridgehead atoms. The first-order valence-electron chi connectivity index (χ1n) is 5.30. The van der Waals surface area contributed by atoms with Crippen LogP contribution in [0, 0.1) is 0 Å². The molecule has 5 heteroatoms. The van der Waals surface area contributed by atoms with E-state index in [1.807, 2.05) is 11.4 Å². The Bertz CT molecular complexity index is 377. The SMILES string of the molecule is CC1COCCN1Cc1ccsc1C(=O)O. The van der Waals surface area contributed by atoms with Crippen molar-refractivity contribution in [2.24, 2.45) is 0 Å². The van der Waals surface area contributed by atoms with Crippen molar-refractivity contribution in [2.75, 3.05) is 19.8 Å². The Balaban J connectivity index is 2.07. The Hall–Kier alpha value is -0.910. The molecule has 1 atom stereocenters. The predicted molar refractivity (Wildman–Crippen MR) is 62.0 cm³/mol. The van der Waals surface area contributed by atoms with E-state index in [9.17, 15) is 4.79 Å².